The molecule has 4 atom stereocenters. The molecule has 1 spiro atoms. The van der Waals surface area contributed by atoms with Crippen LogP contribution in [-0.2, 0) is 39.4 Å². The molecule has 47 heavy (non-hydrogen) atoms. The molecule has 0 saturated carbocycles. The Hall–Kier alpha value is -3.61. The van der Waals surface area contributed by atoms with Gasteiger partial charge >= 0.3 is 0 Å². The van der Waals surface area contributed by atoms with Crippen molar-refractivity contribution in [2.75, 3.05) is 30.1 Å². The average molecular weight is 664 g/mol. The Morgan fingerprint density at radius 2 is 1.87 bits per heavy atom. The van der Waals surface area contributed by atoms with Crippen molar-refractivity contribution in [2.45, 2.75) is 95.3 Å². The molecule has 0 aliphatic carbocycles. The normalized spacial score (nSPS) is 24.9. The van der Waals surface area contributed by atoms with E-state index < -0.39 is 31.6 Å². The minimum absolute atomic E-state index is 0.0159. The third-order valence-electron chi connectivity index (χ3n) is 10.2. The fourth-order valence-electron chi connectivity index (χ4n) is 7.91. The van der Waals surface area contributed by atoms with Gasteiger partial charge in [-0.3, -0.25) is 14.3 Å². The summed E-state index contributed by atoms with van der Waals surface area (Å²) in [5.74, 6) is 0.130. The first kappa shape index (κ1) is 33.3. The number of nitrogens with zero attached hydrogens (tertiary/aromatic N) is 5. The van der Waals surface area contributed by atoms with Gasteiger partial charge < -0.3 is 28.5 Å². The van der Waals surface area contributed by atoms with Gasteiger partial charge in [-0.2, -0.15) is 0 Å². The van der Waals surface area contributed by atoms with E-state index in [2.05, 4.69) is 10.3 Å². The van der Waals surface area contributed by atoms with Crippen LogP contribution in [0, 0.1) is 5.92 Å². The van der Waals surface area contributed by atoms with Gasteiger partial charge in [0.2, 0.25) is 14.3 Å². The predicted molar refractivity (Wildman–Crippen MR) is 180 cm³/mol. The second-order valence-corrected chi connectivity index (χ2v) is 17.5. The van der Waals surface area contributed by atoms with E-state index in [0.29, 0.717) is 55.9 Å². The van der Waals surface area contributed by atoms with Crippen molar-refractivity contribution in [3.05, 3.63) is 65.5 Å². The maximum atomic E-state index is 16.2. The van der Waals surface area contributed by atoms with Crippen molar-refractivity contribution in [3.63, 3.8) is 0 Å². The number of carbonyl (C=O) groups is 2. The number of methoxy groups -OCH3 is 1. The zero-order valence-electron chi connectivity index (χ0n) is 27.8. The first-order valence-electron chi connectivity index (χ1n) is 16.8. The maximum Gasteiger partial charge on any atom is 0.264 e. The third-order valence-corrected chi connectivity index (χ3v) is 12.6. The van der Waals surface area contributed by atoms with Gasteiger partial charge in [0.25, 0.3) is 5.91 Å². The second kappa shape index (κ2) is 13.5. The number of hydrogen-bond acceptors (Lipinski definition) is 7. The van der Waals surface area contributed by atoms with E-state index in [9.17, 15) is 14.7 Å². The zero-order valence-corrected chi connectivity index (χ0v) is 28.8. The van der Waals surface area contributed by atoms with E-state index in [1.165, 1.54) is 0 Å². The van der Waals surface area contributed by atoms with Crippen molar-refractivity contribution < 1.29 is 28.3 Å². The number of aliphatic hydroxyl groups excluding tert-OH is 1. The summed E-state index contributed by atoms with van der Waals surface area (Å²) in [6.07, 6.45) is 6.84. The molecule has 0 unspecified atom stereocenters. The van der Waals surface area contributed by atoms with Gasteiger partial charge in [0, 0.05) is 61.4 Å². The van der Waals surface area contributed by atoms with Gasteiger partial charge in [-0.25, -0.2) is 0 Å². The number of fused-ring (bicyclic) bond motifs is 2. The molecule has 2 saturated heterocycles. The first-order valence-corrected chi connectivity index (χ1v) is 19.8. The average Bonchev–Trinajstić information content (AvgIpc) is 3.68. The van der Waals surface area contributed by atoms with Gasteiger partial charge in [-0.05, 0) is 68.3 Å². The van der Waals surface area contributed by atoms with Crippen LogP contribution in [0.4, 0.5) is 15.5 Å². The molecule has 1 N–H and O–H groups in total. The number of aromatic nitrogens is 3. The van der Waals surface area contributed by atoms with E-state index in [1.54, 1.807) is 36.0 Å². The highest BCUT2D eigenvalue weighted by Crippen LogP contribution is 2.60. The summed E-state index contributed by atoms with van der Waals surface area (Å²) in [4.78, 5) is 31.2. The molecule has 1 aromatic heterocycles. The number of carbonyl (C=O) groups excluding carboxylic acids is 2. The molecule has 3 aliphatic heterocycles. The number of anilines is 2. The number of hydrogen-bond donors (Lipinski definition) is 1. The lowest BCUT2D eigenvalue weighted by molar-refractivity contribution is -0.146. The third kappa shape index (κ3) is 6.34. The van der Waals surface area contributed by atoms with Crippen LogP contribution in [0.3, 0.4) is 0 Å². The number of rotatable bonds is 10. The van der Waals surface area contributed by atoms with Crippen LogP contribution in [0.2, 0.25) is 18.6 Å². The fraction of sp³-hybridized carbons (Fsp3) is 0.543. The highest BCUT2D eigenvalue weighted by atomic mass is 28.4. The molecular formula is C35H46FN5O5Si. The molecule has 6 rings (SSSR count). The minimum Gasteiger partial charge on any atom is -0.497 e. The fourth-order valence-corrected chi connectivity index (χ4v) is 10.5. The Bertz CT molecular complexity index is 1590. The van der Waals surface area contributed by atoms with E-state index >= 15 is 4.11 Å². The Morgan fingerprint density at radius 1 is 1.11 bits per heavy atom. The van der Waals surface area contributed by atoms with E-state index in [-0.39, 0.29) is 18.4 Å². The Labute approximate surface area is 277 Å². The largest absolute Gasteiger partial charge is 0.497 e. The molecule has 3 aromatic rings. The molecular weight excluding hydrogens is 617 g/mol. The van der Waals surface area contributed by atoms with Gasteiger partial charge in [0.15, 0.2) is 5.60 Å². The number of aliphatic hydroxyl groups is 1. The minimum atomic E-state index is -3.33. The number of ether oxygens (including phenoxy) is 2. The number of aryl methyl sites for hydroxylation is 1. The van der Waals surface area contributed by atoms with Gasteiger partial charge in [-0.15, -0.1) is 5.10 Å². The Kier molecular flexibility index (Phi) is 9.55. The van der Waals surface area contributed by atoms with Crippen LogP contribution in [0.25, 0.3) is 0 Å². The lowest BCUT2D eigenvalue weighted by Gasteiger charge is -2.31. The molecule has 2 amide bonds. The van der Waals surface area contributed by atoms with Gasteiger partial charge in [-0.1, -0.05) is 37.1 Å². The standard InChI is InChI=1S/C35H46FN5O5Si/c1-24-33(47(3,4)36)31(16-19-39-23-26(17-20-42)37-38-39)46-35(24)29-21-28(45-2)14-15-30(29)41(34(35)44)22-25-10-12-27(13-11-25)40-18-8-6-5-7-9-32(40)43/h10-15,21,23-24,31,33,42H,5-9,16-20,22H2,1-4H3/t24-,31+,33-,35+/m0/s1. The number of benzene rings is 2. The molecule has 3 aliphatic rings. The summed E-state index contributed by atoms with van der Waals surface area (Å²) in [6.45, 7) is 6.80. The van der Waals surface area contributed by atoms with Crippen LogP contribution in [0.5, 0.6) is 5.75 Å². The molecule has 12 heteroatoms. The van der Waals surface area contributed by atoms with Gasteiger partial charge in [0.05, 0.1) is 31.1 Å². The van der Waals surface area contributed by atoms with Crippen molar-refractivity contribution >= 4 is 31.6 Å². The highest BCUT2D eigenvalue weighted by Gasteiger charge is 2.66. The summed E-state index contributed by atoms with van der Waals surface area (Å²) in [6, 6.07) is 13.5. The SMILES string of the molecule is COc1ccc2c(c1)[C@@]1(O[C@H](CCn3cc(CCO)nn3)[C@@H]([Si](C)(C)F)[C@@H]1C)C(=O)N2Cc1ccc(N2CCCCCCC2=O)cc1. The van der Waals surface area contributed by atoms with Crippen LogP contribution < -0.4 is 14.5 Å². The van der Waals surface area contributed by atoms with Crippen molar-refractivity contribution in [1.29, 1.82) is 0 Å². The zero-order chi connectivity index (χ0) is 33.3. The van der Waals surface area contributed by atoms with Gasteiger partial charge in [0.1, 0.15) is 5.75 Å². The summed E-state index contributed by atoms with van der Waals surface area (Å²) in [7, 11) is -1.74. The molecule has 0 radical (unpaired) electrons. The van der Waals surface area contributed by atoms with Crippen molar-refractivity contribution in [1.82, 2.24) is 15.0 Å². The highest BCUT2D eigenvalue weighted by molar-refractivity contribution is 6.72. The predicted octanol–water partition coefficient (Wildman–Crippen LogP) is 5.53. The molecule has 2 fully saturated rings. The number of halogens is 1. The van der Waals surface area contributed by atoms with Crippen LogP contribution in [-0.4, -0.2) is 66.7 Å². The summed E-state index contributed by atoms with van der Waals surface area (Å²) in [5, 5.41) is 17.5. The molecule has 2 aromatic carbocycles. The monoisotopic (exact) mass is 663 g/mol. The lowest BCUT2D eigenvalue weighted by atomic mass is 9.82. The van der Waals surface area contributed by atoms with Crippen molar-refractivity contribution in [3.8, 4) is 5.75 Å². The Balaban J connectivity index is 1.29. The van der Waals surface area contributed by atoms with E-state index in [1.807, 2.05) is 54.3 Å². The maximum absolute atomic E-state index is 16.2. The molecule has 4 heterocycles. The van der Waals surface area contributed by atoms with Crippen LogP contribution in [0.15, 0.2) is 48.7 Å². The molecule has 10 nitrogen and oxygen atoms in total. The summed E-state index contributed by atoms with van der Waals surface area (Å²) in [5.41, 5.74) is 2.11. The van der Waals surface area contributed by atoms with E-state index in [0.717, 1.165) is 42.6 Å². The molecule has 252 valence electrons. The summed E-state index contributed by atoms with van der Waals surface area (Å²) < 4.78 is 30.4. The first-order chi connectivity index (χ1) is 22.6. The van der Waals surface area contributed by atoms with E-state index in [4.69, 9.17) is 9.47 Å². The lowest BCUT2D eigenvalue weighted by Crippen LogP contribution is -2.45. The Morgan fingerprint density at radius 3 is 2.60 bits per heavy atom. The summed E-state index contributed by atoms with van der Waals surface area (Å²) >= 11 is 0. The quantitative estimate of drug-likeness (QED) is 0.224. The second-order valence-electron chi connectivity index (χ2n) is 13.7. The van der Waals surface area contributed by atoms with Crippen LogP contribution >= 0.6 is 0 Å². The topological polar surface area (TPSA) is 110 Å². The smallest absolute Gasteiger partial charge is 0.264 e. The number of amides is 2. The van der Waals surface area contributed by atoms with Crippen LogP contribution in [0.1, 0.15) is 62.3 Å². The molecule has 0 bridgehead atoms. The van der Waals surface area contributed by atoms with Crippen molar-refractivity contribution in [2.24, 2.45) is 5.92 Å².